The molecule has 0 fully saturated rings. The molecule has 42 heavy (non-hydrogen) atoms. The molecule has 6 nitrogen and oxygen atoms in total. The molecule has 0 saturated carbocycles. The Kier molecular flexibility index (Phi) is 9.93. The smallest absolute Gasteiger partial charge is 0.416 e. The number of nitrogens with one attached hydrogen (secondary N) is 1. The highest BCUT2D eigenvalue weighted by Gasteiger charge is 2.31. The van der Waals surface area contributed by atoms with E-state index in [1.165, 1.54) is 7.11 Å². The van der Waals surface area contributed by atoms with Crippen molar-refractivity contribution in [2.75, 3.05) is 20.3 Å². The fraction of sp³-hybridized carbons (Fsp3) is 0.188. The van der Waals surface area contributed by atoms with Gasteiger partial charge in [-0.05, 0) is 59.2 Å². The third-order valence-electron chi connectivity index (χ3n) is 6.23. The summed E-state index contributed by atoms with van der Waals surface area (Å²) < 4.78 is 69.2. The van der Waals surface area contributed by atoms with E-state index < -0.39 is 35.0 Å². The fourth-order valence-electron chi connectivity index (χ4n) is 4.05. The van der Waals surface area contributed by atoms with Crippen molar-refractivity contribution in [2.24, 2.45) is 0 Å². The van der Waals surface area contributed by atoms with Crippen molar-refractivity contribution in [3.05, 3.63) is 125 Å². The molecule has 0 heterocycles. The topological polar surface area (TPSA) is 73.9 Å². The van der Waals surface area contributed by atoms with Crippen LogP contribution in [-0.4, -0.2) is 32.2 Å². The molecule has 10 heteroatoms. The van der Waals surface area contributed by atoms with Gasteiger partial charge < -0.3 is 19.5 Å². The fourth-order valence-corrected chi connectivity index (χ4v) is 4.05. The second kappa shape index (κ2) is 13.8. The predicted molar refractivity (Wildman–Crippen MR) is 147 cm³/mol. The zero-order chi connectivity index (χ0) is 30.1. The van der Waals surface area contributed by atoms with Crippen molar-refractivity contribution in [3.8, 4) is 16.9 Å². The van der Waals surface area contributed by atoms with Crippen LogP contribution in [0.1, 0.15) is 37.4 Å². The van der Waals surface area contributed by atoms with E-state index in [0.29, 0.717) is 40.7 Å². The van der Waals surface area contributed by atoms with Crippen LogP contribution in [0.15, 0.2) is 91.0 Å². The number of hydrogen-bond donors (Lipinski definition) is 1. The number of alkyl halides is 3. The highest BCUT2D eigenvalue weighted by Crippen LogP contribution is 2.31. The Labute approximate surface area is 239 Å². The van der Waals surface area contributed by atoms with E-state index in [-0.39, 0.29) is 25.8 Å². The summed E-state index contributed by atoms with van der Waals surface area (Å²) in [5, 5.41) is 2.54. The van der Waals surface area contributed by atoms with Crippen LogP contribution >= 0.6 is 0 Å². The molecule has 4 aromatic rings. The zero-order valence-electron chi connectivity index (χ0n) is 22.5. The number of carbonyl (C=O) groups is 2. The maximum Gasteiger partial charge on any atom is 0.416 e. The van der Waals surface area contributed by atoms with Crippen LogP contribution in [-0.2, 0) is 28.8 Å². The van der Waals surface area contributed by atoms with E-state index in [9.17, 15) is 27.2 Å². The number of amides is 1. The molecule has 0 aromatic heterocycles. The van der Waals surface area contributed by atoms with Gasteiger partial charge in [-0.1, -0.05) is 48.5 Å². The number of ether oxygens (including phenoxy) is 3. The van der Waals surface area contributed by atoms with Crippen LogP contribution < -0.4 is 10.1 Å². The van der Waals surface area contributed by atoms with Gasteiger partial charge in [0.25, 0.3) is 5.91 Å². The molecule has 218 valence electrons. The van der Waals surface area contributed by atoms with Crippen LogP contribution in [0.4, 0.5) is 17.6 Å². The quantitative estimate of drug-likeness (QED) is 0.120. The minimum Gasteiger partial charge on any atom is -0.491 e. The average molecular weight is 582 g/mol. The summed E-state index contributed by atoms with van der Waals surface area (Å²) in [6, 6.07) is 23.0. The minimum absolute atomic E-state index is 0.117. The monoisotopic (exact) mass is 581 g/mol. The molecule has 0 aliphatic rings. The SMILES string of the molecule is COCCOc1ccc(-c2cccc(C(=O)OCc3ccccc3)c2)cc1CNC(=O)c1ccc(C(F)(F)F)cc1F. The van der Waals surface area contributed by atoms with Crippen LogP contribution in [0.2, 0.25) is 0 Å². The molecule has 0 atom stereocenters. The van der Waals surface area contributed by atoms with Crippen molar-refractivity contribution >= 4 is 11.9 Å². The standard InChI is InChI=1S/C32H27F4NO5/c1-40-14-15-41-29-13-10-23(22-8-5-9-24(16-22)31(39)42-20-21-6-3-2-4-7-21)17-25(29)19-37-30(38)27-12-11-26(18-28(27)33)32(34,35)36/h2-13,16-18H,14-15,19-20H2,1H3,(H,37,38). The third-order valence-corrected chi connectivity index (χ3v) is 6.23. The average Bonchev–Trinajstić information content (AvgIpc) is 2.99. The Morgan fingerprint density at radius 2 is 1.60 bits per heavy atom. The molecule has 0 radical (unpaired) electrons. The van der Waals surface area contributed by atoms with Crippen molar-refractivity contribution in [1.29, 1.82) is 0 Å². The summed E-state index contributed by atoms with van der Waals surface area (Å²) >= 11 is 0. The van der Waals surface area contributed by atoms with Crippen molar-refractivity contribution in [2.45, 2.75) is 19.3 Å². The Morgan fingerprint density at radius 3 is 2.31 bits per heavy atom. The van der Waals surface area contributed by atoms with Gasteiger partial charge >= 0.3 is 12.1 Å². The number of rotatable bonds is 11. The second-order valence-electron chi connectivity index (χ2n) is 9.18. The first kappa shape index (κ1) is 30.3. The summed E-state index contributed by atoms with van der Waals surface area (Å²) in [6.45, 7) is 0.527. The highest BCUT2D eigenvalue weighted by atomic mass is 19.4. The Morgan fingerprint density at radius 1 is 0.833 bits per heavy atom. The lowest BCUT2D eigenvalue weighted by molar-refractivity contribution is -0.137. The maximum absolute atomic E-state index is 14.3. The number of halogens is 4. The summed E-state index contributed by atoms with van der Waals surface area (Å²) in [6.07, 6.45) is -4.74. The number of esters is 1. The van der Waals surface area contributed by atoms with Gasteiger partial charge in [0.15, 0.2) is 0 Å². The molecule has 1 amide bonds. The van der Waals surface area contributed by atoms with Crippen LogP contribution in [0.25, 0.3) is 11.1 Å². The Balaban J connectivity index is 1.53. The van der Waals surface area contributed by atoms with Gasteiger partial charge in [-0.25, -0.2) is 9.18 Å². The Hall–Kier alpha value is -4.70. The molecule has 4 rings (SSSR count). The lowest BCUT2D eigenvalue weighted by atomic mass is 10.00. The van der Waals surface area contributed by atoms with E-state index in [1.807, 2.05) is 30.3 Å². The van der Waals surface area contributed by atoms with Crippen LogP contribution in [0, 0.1) is 5.82 Å². The van der Waals surface area contributed by atoms with Gasteiger partial charge in [0, 0.05) is 19.2 Å². The molecule has 0 aliphatic carbocycles. The van der Waals surface area contributed by atoms with Gasteiger partial charge in [-0.3, -0.25) is 4.79 Å². The molecular formula is C32H27F4NO5. The minimum atomic E-state index is -4.74. The Bertz CT molecular complexity index is 1540. The van der Waals surface area contributed by atoms with E-state index in [1.54, 1.807) is 42.5 Å². The number of carbonyl (C=O) groups excluding carboxylic acids is 2. The molecule has 0 bridgehead atoms. The summed E-state index contributed by atoms with van der Waals surface area (Å²) in [7, 11) is 1.52. The first-order valence-electron chi connectivity index (χ1n) is 12.9. The lowest BCUT2D eigenvalue weighted by Crippen LogP contribution is -2.24. The summed E-state index contributed by atoms with van der Waals surface area (Å²) in [4.78, 5) is 25.4. The van der Waals surface area contributed by atoms with E-state index in [0.717, 1.165) is 11.6 Å². The van der Waals surface area contributed by atoms with Gasteiger partial charge in [0.2, 0.25) is 0 Å². The largest absolute Gasteiger partial charge is 0.491 e. The summed E-state index contributed by atoms with van der Waals surface area (Å²) in [5.74, 6) is -2.25. The molecule has 4 aromatic carbocycles. The third kappa shape index (κ3) is 7.94. The van der Waals surface area contributed by atoms with E-state index in [4.69, 9.17) is 14.2 Å². The van der Waals surface area contributed by atoms with Crippen molar-refractivity contribution < 1.29 is 41.4 Å². The second-order valence-corrected chi connectivity index (χ2v) is 9.18. The molecular weight excluding hydrogens is 554 g/mol. The van der Waals surface area contributed by atoms with Crippen molar-refractivity contribution in [3.63, 3.8) is 0 Å². The number of hydrogen-bond acceptors (Lipinski definition) is 5. The molecule has 0 unspecified atom stereocenters. The van der Waals surface area contributed by atoms with Gasteiger partial charge in [0.05, 0.1) is 23.3 Å². The first-order chi connectivity index (χ1) is 20.2. The van der Waals surface area contributed by atoms with Gasteiger partial charge in [-0.15, -0.1) is 0 Å². The molecule has 1 N–H and O–H groups in total. The molecule has 0 saturated heterocycles. The van der Waals surface area contributed by atoms with Crippen LogP contribution in [0.5, 0.6) is 5.75 Å². The highest BCUT2D eigenvalue weighted by molar-refractivity contribution is 5.94. The summed E-state index contributed by atoms with van der Waals surface area (Å²) in [5.41, 5.74) is 1.38. The first-order valence-corrected chi connectivity index (χ1v) is 12.9. The number of benzene rings is 4. The molecule has 0 spiro atoms. The van der Waals surface area contributed by atoms with E-state index in [2.05, 4.69) is 5.32 Å². The van der Waals surface area contributed by atoms with Crippen molar-refractivity contribution in [1.82, 2.24) is 5.32 Å². The van der Waals surface area contributed by atoms with Gasteiger partial charge in [-0.2, -0.15) is 13.2 Å². The maximum atomic E-state index is 14.3. The predicted octanol–water partition coefficient (Wildman–Crippen LogP) is 6.82. The van der Waals surface area contributed by atoms with Gasteiger partial charge in [0.1, 0.15) is 24.8 Å². The normalized spacial score (nSPS) is 11.2. The van der Waals surface area contributed by atoms with Crippen LogP contribution in [0.3, 0.4) is 0 Å². The number of methoxy groups -OCH3 is 1. The zero-order valence-corrected chi connectivity index (χ0v) is 22.5. The van der Waals surface area contributed by atoms with E-state index >= 15 is 0 Å². The lowest BCUT2D eigenvalue weighted by Gasteiger charge is -2.15. The molecule has 0 aliphatic heterocycles.